The number of amides is 1. The molecular formula is C24H30N6O3. The zero-order chi connectivity index (χ0) is 23.2. The van der Waals surface area contributed by atoms with Crippen molar-refractivity contribution < 1.29 is 14.3 Å². The topological polar surface area (TPSA) is 94.4 Å². The van der Waals surface area contributed by atoms with Crippen LogP contribution in [0.1, 0.15) is 47.4 Å². The summed E-state index contributed by atoms with van der Waals surface area (Å²) < 4.78 is 12.3. The lowest BCUT2D eigenvalue weighted by molar-refractivity contribution is 0.0936. The average Bonchev–Trinajstić information content (AvgIpc) is 3.54. The van der Waals surface area contributed by atoms with Gasteiger partial charge in [-0.05, 0) is 44.5 Å². The number of carbonyl (C=O) groups excluding carboxylic acids is 1. The zero-order valence-electron chi connectivity index (χ0n) is 19.3. The van der Waals surface area contributed by atoms with Crippen LogP contribution in [-0.2, 0) is 6.42 Å². The molecule has 4 rings (SSSR count). The molecule has 1 saturated heterocycles. The normalized spacial score (nSPS) is 14.8. The average molecular weight is 451 g/mol. The molecule has 1 N–H and O–H groups in total. The first-order valence-electron chi connectivity index (χ1n) is 11.3. The van der Waals surface area contributed by atoms with E-state index in [2.05, 4.69) is 31.6 Å². The van der Waals surface area contributed by atoms with Crippen LogP contribution in [0.2, 0.25) is 0 Å². The van der Waals surface area contributed by atoms with Gasteiger partial charge in [0.15, 0.2) is 5.82 Å². The molecule has 9 nitrogen and oxygen atoms in total. The first-order valence-corrected chi connectivity index (χ1v) is 11.3. The van der Waals surface area contributed by atoms with Crippen LogP contribution in [-0.4, -0.2) is 64.6 Å². The molecule has 1 aromatic carbocycles. The number of carbonyl (C=O) groups is 1. The maximum Gasteiger partial charge on any atom is 0.254 e. The van der Waals surface area contributed by atoms with Gasteiger partial charge < -0.3 is 14.8 Å². The van der Waals surface area contributed by atoms with Crippen LogP contribution in [0.25, 0.3) is 5.82 Å². The van der Waals surface area contributed by atoms with Crippen molar-refractivity contribution in [1.29, 1.82) is 0 Å². The molecule has 33 heavy (non-hydrogen) atoms. The van der Waals surface area contributed by atoms with Crippen molar-refractivity contribution in [3.8, 4) is 17.4 Å². The second kappa shape index (κ2) is 10.4. The highest BCUT2D eigenvalue weighted by Crippen LogP contribution is 2.31. The Labute approximate surface area is 193 Å². The second-order valence-corrected chi connectivity index (χ2v) is 7.92. The Kier molecular flexibility index (Phi) is 7.19. The number of nitrogens with one attached hydrogen (secondary N) is 1. The monoisotopic (exact) mass is 450 g/mol. The van der Waals surface area contributed by atoms with Crippen LogP contribution in [0.3, 0.4) is 0 Å². The molecular weight excluding hydrogens is 420 g/mol. The summed E-state index contributed by atoms with van der Waals surface area (Å²) in [4.78, 5) is 15.6. The molecule has 1 fully saturated rings. The molecule has 0 unspecified atom stereocenters. The molecule has 174 valence electrons. The van der Waals surface area contributed by atoms with Gasteiger partial charge in [-0.3, -0.25) is 9.69 Å². The van der Waals surface area contributed by atoms with Crippen LogP contribution in [0.4, 0.5) is 0 Å². The number of para-hydroxylation sites is 1. The van der Waals surface area contributed by atoms with Gasteiger partial charge in [-0.2, -0.15) is 5.10 Å². The van der Waals surface area contributed by atoms with E-state index in [4.69, 9.17) is 9.47 Å². The van der Waals surface area contributed by atoms with E-state index in [-0.39, 0.29) is 11.9 Å². The minimum Gasteiger partial charge on any atom is -0.496 e. The van der Waals surface area contributed by atoms with Crippen LogP contribution < -0.4 is 14.8 Å². The summed E-state index contributed by atoms with van der Waals surface area (Å²) in [6.07, 6.45) is 4.54. The van der Waals surface area contributed by atoms with E-state index in [0.717, 1.165) is 42.9 Å². The summed E-state index contributed by atoms with van der Waals surface area (Å²) in [6.45, 7) is 4.48. The zero-order valence-corrected chi connectivity index (χ0v) is 19.3. The summed E-state index contributed by atoms with van der Waals surface area (Å²) >= 11 is 0. The first-order chi connectivity index (χ1) is 16.2. The first kappa shape index (κ1) is 22.7. The van der Waals surface area contributed by atoms with Crippen LogP contribution >= 0.6 is 0 Å². The summed E-state index contributed by atoms with van der Waals surface area (Å²) in [6, 6.07) is 11.5. The number of aromatic nitrogens is 4. The molecule has 3 aromatic rings. The number of benzene rings is 1. The number of ether oxygens (including phenoxy) is 2. The molecule has 0 aliphatic carbocycles. The third-order valence-corrected chi connectivity index (χ3v) is 6.04. The molecule has 0 spiro atoms. The van der Waals surface area contributed by atoms with Gasteiger partial charge in [-0.1, -0.05) is 25.1 Å². The van der Waals surface area contributed by atoms with Gasteiger partial charge in [0.05, 0.1) is 37.7 Å². The lowest BCUT2D eigenvalue weighted by Gasteiger charge is -2.29. The molecule has 9 heteroatoms. The molecule has 0 saturated carbocycles. The van der Waals surface area contributed by atoms with Gasteiger partial charge in [0.2, 0.25) is 5.88 Å². The van der Waals surface area contributed by atoms with E-state index in [1.165, 1.54) is 7.11 Å². The van der Waals surface area contributed by atoms with E-state index < -0.39 is 0 Å². The fraction of sp³-hybridized carbons (Fsp3) is 0.417. The Morgan fingerprint density at radius 2 is 1.88 bits per heavy atom. The van der Waals surface area contributed by atoms with E-state index in [1.54, 1.807) is 30.1 Å². The molecule has 1 aliphatic rings. The van der Waals surface area contributed by atoms with Gasteiger partial charge in [0, 0.05) is 18.2 Å². The van der Waals surface area contributed by atoms with Gasteiger partial charge >= 0.3 is 0 Å². The Hall–Kier alpha value is -3.46. The fourth-order valence-corrected chi connectivity index (χ4v) is 4.35. The van der Waals surface area contributed by atoms with Crippen molar-refractivity contribution in [2.75, 3.05) is 33.9 Å². The molecule has 0 radical (unpaired) electrons. The molecule has 1 atom stereocenters. The quantitative estimate of drug-likeness (QED) is 0.536. The minimum absolute atomic E-state index is 0.0418. The van der Waals surface area contributed by atoms with E-state index in [0.29, 0.717) is 30.2 Å². The maximum absolute atomic E-state index is 13.2. The van der Waals surface area contributed by atoms with Crippen molar-refractivity contribution in [3.05, 3.63) is 59.4 Å². The third-order valence-electron chi connectivity index (χ3n) is 6.04. The Bertz CT molecular complexity index is 1080. The van der Waals surface area contributed by atoms with E-state index in [1.807, 2.05) is 25.1 Å². The highest BCUT2D eigenvalue weighted by Gasteiger charge is 2.27. The standard InChI is InChI=1S/C24H30N6O3/c1-4-19-18(15-26-30(19)22-11-12-23(33-3)28-27-22)24(31)25-16-20(29-13-7-8-14-29)17-9-5-6-10-21(17)32-2/h5-6,9-12,15,20H,4,7-8,13-14,16H2,1-3H3,(H,25,31)/t20-/m0/s1. The van der Waals surface area contributed by atoms with Crippen molar-refractivity contribution in [2.24, 2.45) is 0 Å². The molecule has 1 amide bonds. The maximum atomic E-state index is 13.2. The van der Waals surface area contributed by atoms with Crippen molar-refractivity contribution >= 4 is 5.91 Å². The smallest absolute Gasteiger partial charge is 0.254 e. The second-order valence-electron chi connectivity index (χ2n) is 7.92. The van der Waals surface area contributed by atoms with E-state index >= 15 is 0 Å². The number of rotatable bonds is 9. The minimum atomic E-state index is -0.154. The van der Waals surface area contributed by atoms with Gasteiger partial charge in [0.25, 0.3) is 5.91 Å². The lowest BCUT2D eigenvalue weighted by Crippen LogP contribution is -2.37. The van der Waals surface area contributed by atoms with Crippen LogP contribution in [0.15, 0.2) is 42.6 Å². The van der Waals surface area contributed by atoms with E-state index in [9.17, 15) is 4.79 Å². The van der Waals surface area contributed by atoms with Gasteiger partial charge in [-0.15, -0.1) is 10.2 Å². The van der Waals surface area contributed by atoms with Gasteiger partial charge in [0.1, 0.15) is 5.75 Å². The summed E-state index contributed by atoms with van der Waals surface area (Å²) in [7, 11) is 3.22. The fourth-order valence-electron chi connectivity index (χ4n) is 4.35. The molecule has 0 bridgehead atoms. The SMILES string of the molecule is CCc1c(C(=O)NC[C@@H](c2ccccc2OC)N2CCCC2)cnn1-c1ccc(OC)nn1. The van der Waals surface area contributed by atoms with Crippen LogP contribution in [0, 0.1) is 0 Å². The van der Waals surface area contributed by atoms with Crippen molar-refractivity contribution in [1.82, 2.24) is 30.2 Å². The van der Waals surface area contributed by atoms with Crippen molar-refractivity contribution in [2.45, 2.75) is 32.2 Å². The molecule has 2 aromatic heterocycles. The lowest BCUT2D eigenvalue weighted by atomic mass is 10.0. The summed E-state index contributed by atoms with van der Waals surface area (Å²) in [5.74, 6) is 1.64. The number of hydrogen-bond donors (Lipinski definition) is 1. The Balaban J connectivity index is 1.54. The number of hydrogen-bond acceptors (Lipinski definition) is 7. The third kappa shape index (κ3) is 4.83. The van der Waals surface area contributed by atoms with Crippen LogP contribution in [0.5, 0.6) is 11.6 Å². The number of methoxy groups -OCH3 is 2. The predicted molar refractivity (Wildman–Crippen MR) is 124 cm³/mol. The predicted octanol–water partition coefficient (Wildman–Crippen LogP) is 2.81. The molecule has 1 aliphatic heterocycles. The number of nitrogens with zero attached hydrogens (tertiary/aromatic N) is 5. The van der Waals surface area contributed by atoms with Crippen molar-refractivity contribution in [3.63, 3.8) is 0 Å². The highest BCUT2D eigenvalue weighted by molar-refractivity contribution is 5.95. The summed E-state index contributed by atoms with van der Waals surface area (Å²) in [5, 5.41) is 15.7. The summed E-state index contributed by atoms with van der Waals surface area (Å²) in [5.41, 5.74) is 2.40. The number of likely N-dealkylation sites (tertiary alicyclic amines) is 1. The van der Waals surface area contributed by atoms with Gasteiger partial charge in [-0.25, -0.2) is 4.68 Å². The largest absolute Gasteiger partial charge is 0.496 e. The Morgan fingerprint density at radius 1 is 1.09 bits per heavy atom. The molecule has 3 heterocycles. The Morgan fingerprint density at radius 3 is 2.55 bits per heavy atom. The highest BCUT2D eigenvalue weighted by atomic mass is 16.5.